The van der Waals surface area contributed by atoms with Gasteiger partial charge in [-0.15, -0.1) is 0 Å². The van der Waals surface area contributed by atoms with Gasteiger partial charge in [-0.25, -0.2) is 9.78 Å². The van der Waals surface area contributed by atoms with Crippen LogP contribution in [0.25, 0.3) is 0 Å². The molecule has 1 aliphatic heterocycles. The Kier molecular flexibility index (Phi) is 7.84. The average Bonchev–Trinajstić information content (AvgIpc) is 2.90. The largest absolute Gasteiger partial charge is 0.479 e. The Morgan fingerprint density at radius 1 is 1.16 bits per heavy atom. The van der Waals surface area contributed by atoms with Gasteiger partial charge in [0.2, 0.25) is 11.9 Å². The molecule has 0 saturated heterocycles. The summed E-state index contributed by atoms with van der Waals surface area (Å²) >= 11 is 5.93. The van der Waals surface area contributed by atoms with Gasteiger partial charge in [0.1, 0.15) is 23.2 Å². The van der Waals surface area contributed by atoms with Crippen molar-refractivity contribution in [3.63, 3.8) is 0 Å². The van der Waals surface area contributed by atoms with Gasteiger partial charge < -0.3 is 25.8 Å². The van der Waals surface area contributed by atoms with E-state index in [-0.39, 0.29) is 30.5 Å². The van der Waals surface area contributed by atoms with Crippen molar-refractivity contribution in [3.05, 3.63) is 94.0 Å². The van der Waals surface area contributed by atoms with Crippen molar-refractivity contribution in [2.75, 3.05) is 10.6 Å². The van der Waals surface area contributed by atoms with E-state index in [0.29, 0.717) is 27.9 Å². The molecule has 0 aliphatic carbocycles. The number of nitrogens with one attached hydrogen (secondary N) is 3. The maximum atomic E-state index is 13.2. The second-order valence-electron chi connectivity index (χ2n) is 7.89. The van der Waals surface area contributed by atoms with Gasteiger partial charge in [0, 0.05) is 24.5 Å². The van der Waals surface area contributed by atoms with Crippen molar-refractivity contribution < 1.29 is 19.4 Å². The van der Waals surface area contributed by atoms with Gasteiger partial charge in [-0.1, -0.05) is 18.5 Å². The van der Waals surface area contributed by atoms with Crippen LogP contribution in [0.3, 0.4) is 0 Å². The normalized spacial score (nSPS) is 14.3. The maximum absolute atomic E-state index is 13.2. The summed E-state index contributed by atoms with van der Waals surface area (Å²) in [6, 6.07) is 9.31. The highest BCUT2D eigenvalue weighted by atomic mass is 35.5. The molecule has 190 valence electrons. The summed E-state index contributed by atoms with van der Waals surface area (Å²) in [5, 5.41) is 18.0. The van der Waals surface area contributed by atoms with Gasteiger partial charge >= 0.3 is 5.97 Å². The summed E-state index contributed by atoms with van der Waals surface area (Å²) in [5.74, 6) is -0.209. The van der Waals surface area contributed by atoms with Crippen molar-refractivity contribution in [1.82, 2.24) is 19.9 Å². The first kappa shape index (κ1) is 25.5. The molecule has 0 radical (unpaired) electrons. The van der Waals surface area contributed by atoms with Gasteiger partial charge in [0.15, 0.2) is 0 Å². The minimum atomic E-state index is -1.02. The predicted octanol–water partition coefficient (Wildman–Crippen LogP) is 3.26. The molecule has 3 aromatic rings. The van der Waals surface area contributed by atoms with Crippen LogP contribution in [-0.2, 0) is 16.1 Å². The molecule has 37 heavy (non-hydrogen) atoms. The highest BCUT2D eigenvalue weighted by molar-refractivity contribution is 6.30. The zero-order valence-electron chi connectivity index (χ0n) is 19.6. The number of carboxylic acid groups (broad SMARTS) is 1. The number of anilines is 3. The molecule has 0 bridgehead atoms. The molecule has 1 aromatic carbocycles. The number of benzene rings is 1. The number of carbonyl (C=O) groups excluding carboxylic acids is 1. The number of nitrogens with zero attached hydrogens (tertiary/aromatic N) is 3. The number of ether oxygens (including phenoxy) is 1. The number of hydrogen-bond donors (Lipinski definition) is 4. The Labute approximate surface area is 216 Å². The van der Waals surface area contributed by atoms with E-state index in [2.05, 4.69) is 25.9 Å². The lowest BCUT2D eigenvalue weighted by atomic mass is 10.2. The average molecular weight is 523 g/mol. The van der Waals surface area contributed by atoms with E-state index in [1.54, 1.807) is 49.4 Å². The smallest absolute Gasteiger partial charge is 0.330 e. The molecule has 4 N–H and O–H groups in total. The van der Waals surface area contributed by atoms with Crippen LogP contribution in [0.5, 0.6) is 5.75 Å². The maximum Gasteiger partial charge on any atom is 0.330 e. The Bertz CT molecular complexity index is 1420. The molecular weight excluding hydrogens is 500 g/mol. The molecule has 2 aromatic heterocycles. The highest BCUT2D eigenvalue weighted by Gasteiger charge is 2.17. The SMILES string of the molecule is CCC(=O)Nc1cnc(Nc2ccc(OC3=CC(C(=O)O)NC=C3)cc2)n(Cc2ccc(Cl)cn2)c1=O. The standard InChI is InChI=1S/C25H23ClN6O5/c1-2-22(33)31-21-13-29-25(32(23(21)34)14-17-4-3-15(26)12-28-17)30-16-5-7-18(8-6-16)37-19-9-10-27-20(11-19)24(35)36/h3-13,20,27H,2,14H2,1H3,(H,29,30)(H,31,33)(H,35,36). The predicted molar refractivity (Wildman–Crippen MR) is 138 cm³/mol. The van der Waals surface area contributed by atoms with Gasteiger partial charge in [-0.05, 0) is 48.6 Å². The van der Waals surface area contributed by atoms with Crippen molar-refractivity contribution in [3.8, 4) is 5.75 Å². The number of aromatic nitrogens is 3. The third kappa shape index (κ3) is 6.53. The first-order chi connectivity index (χ1) is 17.8. The summed E-state index contributed by atoms with van der Waals surface area (Å²) in [6.07, 6.45) is 7.59. The zero-order valence-corrected chi connectivity index (χ0v) is 20.4. The van der Waals surface area contributed by atoms with Crippen molar-refractivity contribution in [2.45, 2.75) is 25.9 Å². The number of pyridine rings is 1. The lowest BCUT2D eigenvalue weighted by molar-refractivity contribution is -0.138. The molecule has 1 unspecified atom stereocenters. The van der Waals surface area contributed by atoms with E-state index in [1.807, 2.05) is 0 Å². The van der Waals surface area contributed by atoms with Gasteiger partial charge in [0.25, 0.3) is 5.56 Å². The van der Waals surface area contributed by atoms with Gasteiger partial charge in [-0.3, -0.25) is 19.1 Å². The Morgan fingerprint density at radius 2 is 1.95 bits per heavy atom. The summed E-state index contributed by atoms with van der Waals surface area (Å²) in [4.78, 5) is 44.8. The topological polar surface area (TPSA) is 147 Å². The quantitative estimate of drug-likeness (QED) is 0.332. The number of allylic oxidation sites excluding steroid dienone is 1. The molecule has 12 heteroatoms. The van der Waals surface area contributed by atoms with Crippen LogP contribution < -0.4 is 26.2 Å². The lowest BCUT2D eigenvalue weighted by Crippen LogP contribution is -2.33. The number of carbonyl (C=O) groups is 2. The number of aliphatic carboxylic acids is 1. The molecule has 0 spiro atoms. The molecule has 1 amide bonds. The van der Waals surface area contributed by atoms with Crippen LogP contribution in [-0.4, -0.2) is 37.6 Å². The molecule has 11 nitrogen and oxygen atoms in total. The number of dihydropyridines is 1. The first-order valence-corrected chi connectivity index (χ1v) is 11.6. The fourth-order valence-corrected chi connectivity index (χ4v) is 3.42. The zero-order chi connectivity index (χ0) is 26.4. The van der Waals surface area contributed by atoms with Crippen molar-refractivity contribution in [1.29, 1.82) is 0 Å². The second kappa shape index (κ2) is 11.4. The summed E-state index contributed by atoms with van der Waals surface area (Å²) in [7, 11) is 0. The van der Waals surface area contributed by atoms with Crippen LogP contribution >= 0.6 is 11.6 Å². The van der Waals surface area contributed by atoms with Crippen LogP contribution in [0, 0.1) is 0 Å². The molecular formula is C25H23ClN6O5. The molecule has 4 rings (SSSR count). The number of amides is 1. The van der Waals surface area contributed by atoms with E-state index in [9.17, 15) is 14.4 Å². The van der Waals surface area contributed by atoms with Gasteiger partial charge in [-0.2, -0.15) is 0 Å². The second-order valence-corrected chi connectivity index (χ2v) is 8.33. The fraction of sp³-hybridized carbons (Fsp3) is 0.160. The van der Waals surface area contributed by atoms with Crippen LogP contribution in [0.2, 0.25) is 5.02 Å². The van der Waals surface area contributed by atoms with Crippen LogP contribution in [0.15, 0.2) is 77.7 Å². The third-order valence-electron chi connectivity index (χ3n) is 5.22. The Hall–Kier alpha value is -4.64. The monoisotopic (exact) mass is 522 g/mol. The van der Waals surface area contributed by atoms with E-state index >= 15 is 0 Å². The van der Waals surface area contributed by atoms with Crippen molar-refractivity contribution in [2.24, 2.45) is 0 Å². The number of carboxylic acids is 1. The van der Waals surface area contributed by atoms with E-state index in [4.69, 9.17) is 21.4 Å². The Balaban J connectivity index is 1.57. The number of hydrogen-bond acceptors (Lipinski definition) is 8. The minimum absolute atomic E-state index is 0.0538. The fourth-order valence-electron chi connectivity index (χ4n) is 3.31. The third-order valence-corrected chi connectivity index (χ3v) is 5.44. The summed E-state index contributed by atoms with van der Waals surface area (Å²) in [5.41, 5.74) is 0.786. The van der Waals surface area contributed by atoms with E-state index < -0.39 is 17.6 Å². The van der Waals surface area contributed by atoms with Crippen LogP contribution in [0.4, 0.5) is 17.3 Å². The number of halogens is 1. The minimum Gasteiger partial charge on any atom is -0.479 e. The van der Waals surface area contributed by atoms with E-state index in [0.717, 1.165) is 0 Å². The molecule has 3 heterocycles. The summed E-state index contributed by atoms with van der Waals surface area (Å²) in [6.45, 7) is 1.77. The highest BCUT2D eigenvalue weighted by Crippen LogP contribution is 2.22. The molecule has 0 saturated carbocycles. The Morgan fingerprint density at radius 3 is 2.62 bits per heavy atom. The lowest BCUT2D eigenvalue weighted by Gasteiger charge is -2.17. The summed E-state index contributed by atoms with van der Waals surface area (Å²) < 4.78 is 7.11. The van der Waals surface area contributed by atoms with Crippen molar-refractivity contribution >= 4 is 40.8 Å². The van der Waals surface area contributed by atoms with E-state index in [1.165, 1.54) is 29.2 Å². The molecule has 1 atom stereocenters. The molecule has 1 aliphatic rings. The molecule has 0 fully saturated rings. The number of rotatable bonds is 9. The first-order valence-electron chi connectivity index (χ1n) is 11.2. The van der Waals surface area contributed by atoms with Crippen LogP contribution in [0.1, 0.15) is 19.0 Å². The van der Waals surface area contributed by atoms with Gasteiger partial charge in [0.05, 0.1) is 23.5 Å².